The second-order valence-electron chi connectivity index (χ2n) is 3.63. The number of hydrogen-bond acceptors (Lipinski definition) is 3. The first kappa shape index (κ1) is 14.9. The van der Waals surface area contributed by atoms with Crippen LogP contribution in [0.15, 0.2) is 12.7 Å². The van der Waals surface area contributed by atoms with E-state index in [9.17, 15) is 8.42 Å². The van der Waals surface area contributed by atoms with E-state index < -0.39 is 10.0 Å². The van der Waals surface area contributed by atoms with Gasteiger partial charge in [0.05, 0.1) is 5.75 Å². The molecule has 1 aliphatic heterocycles. The molecule has 0 atom stereocenters. The van der Waals surface area contributed by atoms with E-state index in [2.05, 4.69) is 6.58 Å². The van der Waals surface area contributed by atoms with E-state index in [-0.39, 0.29) is 24.2 Å². The lowest BCUT2D eigenvalue weighted by molar-refractivity contribution is 0.320. The number of rotatable bonds is 4. The Morgan fingerprint density at radius 2 is 1.93 bits per heavy atom. The first-order valence-electron chi connectivity index (χ1n) is 4.90. The molecule has 6 heteroatoms. The highest BCUT2D eigenvalue weighted by atomic mass is 35.5. The van der Waals surface area contributed by atoms with Crippen LogP contribution in [0.5, 0.6) is 0 Å². The molecular weight excluding hydrogens is 236 g/mol. The van der Waals surface area contributed by atoms with Gasteiger partial charge in [-0.1, -0.05) is 6.08 Å². The predicted molar refractivity (Wildman–Crippen MR) is 64.6 cm³/mol. The molecule has 0 aromatic carbocycles. The fraction of sp³-hybridized carbons (Fsp3) is 0.778. The van der Waals surface area contributed by atoms with Gasteiger partial charge >= 0.3 is 0 Å². The quantitative estimate of drug-likeness (QED) is 0.753. The van der Waals surface area contributed by atoms with Gasteiger partial charge < -0.3 is 5.73 Å². The van der Waals surface area contributed by atoms with E-state index in [1.54, 1.807) is 10.4 Å². The fourth-order valence-corrected chi connectivity index (χ4v) is 3.01. The first-order chi connectivity index (χ1) is 6.56. The lowest BCUT2D eigenvalue weighted by Gasteiger charge is -2.29. The van der Waals surface area contributed by atoms with Gasteiger partial charge in [0.15, 0.2) is 0 Å². The van der Waals surface area contributed by atoms with Crippen molar-refractivity contribution in [1.29, 1.82) is 0 Å². The van der Waals surface area contributed by atoms with Gasteiger partial charge in [-0.2, -0.15) is 0 Å². The van der Waals surface area contributed by atoms with Crippen molar-refractivity contribution in [2.45, 2.75) is 25.3 Å². The van der Waals surface area contributed by atoms with Crippen LogP contribution in [0.4, 0.5) is 0 Å². The number of allylic oxidation sites excluding steroid dienone is 1. The molecule has 0 aliphatic carbocycles. The molecule has 0 radical (unpaired) electrons. The zero-order valence-electron chi connectivity index (χ0n) is 8.76. The Hall–Kier alpha value is -0.100. The van der Waals surface area contributed by atoms with Crippen molar-refractivity contribution in [1.82, 2.24) is 4.31 Å². The van der Waals surface area contributed by atoms with Crippen LogP contribution in [0.2, 0.25) is 0 Å². The molecular formula is C9H19ClN2O2S. The Morgan fingerprint density at radius 1 is 1.40 bits per heavy atom. The minimum Gasteiger partial charge on any atom is -0.328 e. The molecule has 4 nitrogen and oxygen atoms in total. The molecule has 0 saturated carbocycles. The van der Waals surface area contributed by atoms with Crippen LogP contribution in [-0.2, 0) is 10.0 Å². The maximum Gasteiger partial charge on any atom is 0.214 e. The fourth-order valence-electron chi connectivity index (χ4n) is 1.52. The summed E-state index contributed by atoms with van der Waals surface area (Å²) < 4.78 is 24.9. The van der Waals surface area contributed by atoms with E-state index in [1.807, 2.05) is 0 Å². The monoisotopic (exact) mass is 254 g/mol. The van der Waals surface area contributed by atoms with Gasteiger partial charge in [-0.3, -0.25) is 0 Å². The molecule has 90 valence electrons. The van der Waals surface area contributed by atoms with Crippen LogP contribution in [-0.4, -0.2) is 37.6 Å². The third-order valence-corrected chi connectivity index (χ3v) is 4.38. The molecule has 1 fully saturated rings. The first-order valence-corrected chi connectivity index (χ1v) is 6.51. The molecule has 0 spiro atoms. The van der Waals surface area contributed by atoms with Crippen LogP contribution in [0, 0.1) is 0 Å². The highest BCUT2D eigenvalue weighted by Crippen LogP contribution is 2.13. The van der Waals surface area contributed by atoms with Crippen molar-refractivity contribution < 1.29 is 8.42 Å². The molecule has 1 aliphatic rings. The van der Waals surface area contributed by atoms with Gasteiger partial charge in [-0.25, -0.2) is 12.7 Å². The summed E-state index contributed by atoms with van der Waals surface area (Å²) in [5, 5.41) is 0. The summed E-state index contributed by atoms with van der Waals surface area (Å²) in [6, 6.07) is 0.167. The van der Waals surface area contributed by atoms with E-state index in [4.69, 9.17) is 5.73 Å². The Balaban J connectivity index is 0.00000196. The lowest BCUT2D eigenvalue weighted by Crippen LogP contribution is -2.43. The molecule has 1 heterocycles. The molecule has 0 bridgehead atoms. The molecule has 1 saturated heterocycles. The number of nitrogens with zero attached hydrogens (tertiary/aromatic N) is 1. The van der Waals surface area contributed by atoms with E-state index in [0.29, 0.717) is 19.5 Å². The second kappa shape index (κ2) is 6.48. The van der Waals surface area contributed by atoms with Gasteiger partial charge in [-0.15, -0.1) is 19.0 Å². The van der Waals surface area contributed by atoms with E-state index in [1.165, 1.54) is 0 Å². The van der Waals surface area contributed by atoms with E-state index >= 15 is 0 Å². The second-order valence-corrected chi connectivity index (χ2v) is 5.72. The van der Waals surface area contributed by atoms with Crippen molar-refractivity contribution >= 4 is 22.4 Å². The van der Waals surface area contributed by atoms with Crippen LogP contribution in [0.25, 0.3) is 0 Å². The van der Waals surface area contributed by atoms with Crippen LogP contribution >= 0.6 is 12.4 Å². The summed E-state index contributed by atoms with van der Waals surface area (Å²) in [6.07, 6.45) is 3.69. The number of piperidine rings is 1. The zero-order chi connectivity index (χ0) is 10.6. The van der Waals surface area contributed by atoms with Crippen LogP contribution in [0.1, 0.15) is 19.3 Å². The number of sulfonamides is 1. The highest BCUT2D eigenvalue weighted by Gasteiger charge is 2.25. The van der Waals surface area contributed by atoms with E-state index in [0.717, 1.165) is 12.8 Å². The Bertz CT molecular complexity index is 284. The van der Waals surface area contributed by atoms with Crippen molar-refractivity contribution in [3.63, 3.8) is 0 Å². The van der Waals surface area contributed by atoms with Crippen LogP contribution < -0.4 is 5.73 Å². The third-order valence-electron chi connectivity index (χ3n) is 2.47. The Kier molecular flexibility index (Phi) is 6.43. The van der Waals surface area contributed by atoms with Crippen molar-refractivity contribution in [3.8, 4) is 0 Å². The smallest absolute Gasteiger partial charge is 0.214 e. The summed E-state index contributed by atoms with van der Waals surface area (Å²) in [5.74, 6) is 0.172. The molecule has 1 rings (SSSR count). The average Bonchev–Trinajstić information content (AvgIpc) is 2.16. The van der Waals surface area contributed by atoms with Gasteiger partial charge in [-0.05, 0) is 19.3 Å². The highest BCUT2D eigenvalue weighted by molar-refractivity contribution is 7.89. The molecule has 2 N–H and O–H groups in total. The topological polar surface area (TPSA) is 63.4 Å². The predicted octanol–water partition coefficient (Wildman–Crippen LogP) is 0.737. The number of nitrogens with two attached hydrogens (primary N) is 1. The van der Waals surface area contributed by atoms with Crippen molar-refractivity contribution in [2.24, 2.45) is 5.73 Å². The zero-order valence-corrected chi connectivity index (χ0v) is 10.4. The number of hydrogen-bond donors (Lipinski definition) is 1. The molecule has 0 unspecified atom stereocenters. The maximum atomic E-state index is 11.7. The SMILES string of the molecule is C=CCCS(=O)(=O)N1CCC(N)CC1.Cl. The Labute approximate surface area is 98.0 Å². The lowest BCUT2D eigenvalue weighted by atomic mass is 10.1. The minimum absolute atomic E-state index is 0. The normalized spacial score (nSPS) is 19.5. The summed E-state index contributed by atoms with van der Waals surface area (Å²) in [7, 11) is -3.06. The van der Waals surface area contributed by atoms with Gasteiger partial charge in [0.1, 0.15) is 0 Å². The van der Waals surface area contributed by atoms with Crippen molar-refractivity contribution in [2.75, 3.05) is 18.8 Å². The van der Waals surface area contributed by atoms with Gasteiger partial charge in [0.2, 0.25) is 10.0 Å². The standard InChI is InChI=1S/C9H18N2O2S.ClH/c1-2-3-8-14(12,13)11-6-4-9(10)5-7-11;/h2,9H,1,3-8,10H2;1H. The summed E-state index contributed by atoms with van der Waals surface area (Å²) >= 11 is 0. The largest absolute Gasteiger partial charge is 0.328 e. The summed E-state index contributed by atoms with van der Waals surface area (Å²) in [5.41, 5.74) is 5.70. The van der Waals surface area contributed by atoms with Crippen molar-refractivity contribution in [3.05, 3.63) is 12.7 Å². The summed E-state index contributed by atoms with van der Waals surface area (Å²) in [6.45, 7) is 4.66. The molecule has 0 amide bonds. The Morgan fingerprint density at radius 3 is 2.40 bits per heavy atom. The molecule has 0 aromatic heterocycles. The maximum absolute atomic E-state index is 11.7. The van der Waals surface area contributed by atoms with Crippen LogP contribution in [0.3, 0.4) is 0 Å². The van der Waals surface area contributed by atoms with Gasteiger partial charge in [0.25, 0.3) is 0 Å². The summed E-state index contributed by atoms with van der Waals surface area (Å²) in [4.78, 5) is 0. The average molecular weight is 255 g/mol. The number of halogens is 1. The molecule has 15 heavy (non-hydrogen) atoms. The minimum atomic E-state index is -3.06. The third kappa shape index (κ3) is 4.51. The van der Waals surface area contributed by atoms with Gasteiger partial charge in [0, 0.05) is 19.1 Å². The molecule has 0 aromatic rings.